The van der Waals surface area contributed by atoms with Crippen molar-refractivity contribution in [3.8, 4) is 0 Å². The van der Waals surface area contributed by atoms with Crippen molar-refractivity contribution in [3.63, 3.8) is 0 Å². The lowest BCUT2D eigenvalue weighted by molar-refractivity contribution is -0.00151. The third-order valence-corrected chi connectivity index (χ3v) is 4.16. The molecular formula is C13H16Br2O. The Hall–Kier alpha value is 0.140. The summed E-state index contributed by atoms with van der Waals surface area (Å²) in [5.74, 6) is 0.789. The van der Waals surface area contributed by atoms with Crippen LogP contribution in [0.1, 0.15) is 31.4 Å². The molecule has 1 aliphatic carbocycles. The quantitative estimate of drug-likeness (QED) is 0.701. The molecule has 1 nitrogen and oxygen atoms in total. The summed E-state index contributed by atoms with van der Waals surface area (Å²) in [5.41, 5.74) is 1.24. The highest BCUT2D eigenvalue weighted by molar-refractivity contribution is 9.10. The van der Waals surface area contributed by atoms with E-state index in [1.54, 1.807) is 0 Å². The molecule has 0 heterocycles. The van der Waals surface area contributed by atoms with Crippen molar-refractivity contribution in [1.82, 2.24) is 0 Å². The molecular weight excluding hydrogens is 332 g/mol. The summed E-state index contributed by atoms with van der Waals surface area (Å²) in [6, 6.07) is 8.37. The Morgan fingerprint density at radius 3 is 2.44 bits per heavy atom. The molecule has 16 heavy (non-hydrogen) atoms. The third-order valence-electron chi connectivity index (χ3n) is 3.05. The van der Waals surface area contributed by atoms with E-state index in [1.807, 2.05) is 0 Å². The molecule has 2 rings (SSSR count). The van der Waals surface area contributed by atoms with Gasteiger partial charge in [0.25, 0.3) is 0 Å². The van der Waals surface area contributed by atoms with E-state index in [0.29, 0.717) is 6.10 Å². The fraction of sp³-hybridized carbons (Fsp3) is 0.538. The molecule has 2 atom stereocenters. The summed E-state index contributed by atoms with van der Waals surface area (Å²) in [5, 5.41) is 0.853. The first-order valence-corrected chi connectivity index (χ1v) is 7.59. The second-order valence-electron chi connectivity index (χ2n) is 4.37. The number of hydrogen-bond donors (Lipinski definition) is 0. The zero-order chi connectivity index (χ0) is 11.5. The van der Waals surface area contributed by atoms with E-state index in [-0.39, 0.29) is 6.10 Å². The number of halogens is 2. The van der Waals surface area contributed by atoms with Crippen LogP contribution in [0.4, 0.5) is 0 Å². The van der Waals surface area contributed by atoms with E-state index in [9.17, 15) is 0 Å². The zero-order valence-corrected chi connectivity index (χ0v) is 12.5. The van der Waals surface area contributed by atoms with Gasteiger partial charge in [-0.05, 0) is 43.4 Å². The molecule has 0 aromatic heterocycles. The standard InChI is InChI=1S/C13H16Br2O/c1-9(10-2-3-10)16-13(8-14)11-4-6-12(15)7-5-11/h4-7,9-10,13H,2-3,8H2,1H3. The Balaban J connectivity index is 2.00. The van der Waals surface area contributed by atoms with Crippen molar-refractivity contribution in [1.29, 1.82) is 0 Å². The van der Waals surface area contributed by atoms with Crippen molar-refractivity contribution < 1.29 is 4.74 Å². The van der Waals surface area contributed by atoms with Gasteiger partial charge in [0, 0.05) is 9.80 Å². The van der Waals surface area contributed by atoms with Crippen LogP contribution in [0.5, 0.6) is 0 Å². The lowest BCUT2D eigenvalue weighted by Crippen LogP contribution is -2.16. The molecule has 2 unspecified atom stereocenters. The van der Waals surface area contributed by atoms with Gasteiger partial charge >= 0.3 is 0 Å². The van der Waals surface area contributed by atoms with Gasteiger partial charge in [0.05, 0.1) is 12.2 Å². The van der Waals surface area contributed by atoms with Crippen molar-refractivity contribution in [3.05, 3.63) is 34.3 Å². The number of benzene rings is 1. The SMILES string of the molecule is CC(OC(CBr)c1ccc(Br)cc1)C1CC1. The van der Waals surface area contributed by atoms with Gasteiger partial charge in [-0.2, -0.15) is 0 Å². The number of hydrogen-bond acceptors (Lipinski definition) is 1. The highest BCUT2D eigenvalue weighted by Gasteiger charge is 2.30. The lowest BCUT2D eigenvalue weighted by Gasteiger charge is -2.21. The van der Waals surface area contributed by atoms with Gasteiger partial charge in [0.1, 0.15) is 0 Å². The molecule has 0 saturated heterocycles. The summed E-state index contributed by atoms with van der Waals surface area (Å²) < 4.78 is 7.20. The molecule has 1 aromatic carbocycles. The molecule has 1 fully saturated rings. The van der Waals surface area contributed by atoms with E-state index in [0.717, 1.165) is 15.7 Å². The van der Waals surface area contributed by atoms with Gasteiger partial charge in [0.15, 0.2) is 0 Å². The van der Waals surface area contributed by atoms with Crippen LogP contribution in [0.15, 0.2) is 28.7 Å². The first-order valence-electron chi connectivity index (χ1n) is 5.67. The molecule has 0 radical (unpaired) electrons. The number of rotatable bonds is 5. The molecule has 1 aliphatic rings. The summed E-state index contributed by atoms with van der Waals surface area (Å²) >= 11 is 6.98. The number of alkyl halides is 1. The maximum absolute atomic E-state index is 6.09. The summed E-state index contributed by atoms with van der Waals surface area (Å²) in [4.78, 5) is 0. The van der Waals surface area contributed by atoms with Crippen molar-refractivity contribution in [2.75, 3.05) is 5.33 Å². The molecule has 0 N–H and O–H groups in total. The largest absolute Gasteiger partial charge is 0.369 e. The summed E-state index contributed by atoms with van der Waals surface area (Å²) in [6.07, 6.45) is 3.21. The van der Waals surface area contributed by atoms with Gasteiger partial charge < -0.3 is 4.74 Å². The average molecular weight is 348 g/mol. The smallest absolute Gasteiger partial charge is 0.0925 e. The monoisotopic (exact) mass is 346 g/mol. The van der Waals surface area contributed by atoms with Crippen LogP contribution >= 0.6 is 31.9 Å². The molecule has 0 amide bonds. The minimum Gasteiger partial charge on any atom is -0.369 e. The van der Waals surface area contributed by atoms with E-state index in [2.05, 4.69) is 63.0 Å². The maximum Gasteiger partial charge on any atom is 0.0925 e. The molecule has 1 aromatic rings. The van der Waals surface area contributed by atoms with Crippen molar-refractivity contribution >= 4 is 31.9 Å². The Morgan fingerprint density at radius 2 is 1.94 bits per heavy atom. The minimum absolute atomic E-state index is 0.170. The van der Waals surface area contributed by atoms with Crippen LogP contribution in [-0.4, -0.2) is 11.4 Å². The molecule has 88 valence electrons. The van der Waals surface area contributed by atoms with Crippen LogP contribution in [-0.2, 0) is 4.74 Å². The second kappa shape index (κ2) is 5.65. The zero-order valence-electron chi connectivity index (χ0n) is 9.33. The van der Waals surface area contributed by atoms with Crippen LogP contribution < -0.4 is 0 Å². The molecule has 0 spiro atoms. The Labute approximate surface area is 114 Å². The first kappa shape index (κ1) is 12.6. The summed E-state index contributed by atoms with van der Waals surface area (Å²) in [7, 11) is 0. The van der Waals surface area contributed by atoms with Gasteiger partial charge in [-0.15, -0.1) is 0 Å². The maximum atomic E-state index is 6.09. The van der Waals surface area contributed by atoms with Gasteiger partial charge in [0.2, 0.25) is 0 Å². The predicted octanol–water partition coefficient (Wildman–Crippen LogP) is 4.70. The normalized spacial score (nSPS) is 19.4. The first-order chi connectivity index (χ1) is 7.70. The van der Waals surface area contributed by atoms with E-state index < -0.39 is 0 Å². The van der Waals surface area contributed by atoms with E-state index in [4.69, 9.17) is 4.74 Å². The van der Waals surface area contributed by atoms with Crippen LogP contribution in [0.25, 0.3) is 0 Å². The Bertz CT molecular complexity index is 332. The fourth-order valence-corrected chi connectivity index (χ4v) is 2.61. The van der Waals surface area contributed by atoms with E-state index >= 15 is 0 Å². The topological polar surface area (TPSA) is 9.23 Å². The second-order valence-corrected chi connectivity index (χ2v) is 5.94. The molecule has 3 heteroatoms. The van der Waals surface area contributed by atoms with E-state index in [1.165, 1.54) is 18.4 Å². The molecule has 0 aliphatic heterocycles. The lowest BCUT2D eigenvalue weighted by atomic mass is 10.1. The molecule has 0 bridgehead atoms. The highest BCUT2D eigenvalue weighted by Crippen LogP contribution is 2.36. The van der Waals surface area contributed by atoms with Crippen LogP contribution in [0.2, 0.25) is 0 Å². The van der Waals surface area contributed by atoms with Crippen LogP contribution in [0, 0.1) is 5.92 Å². The van der Waals surface area contributed by atoms with Crippen LogP contribution in [0.3, 0.4) is 0 Å². The van der Waals surface area contributed by atoms with Gasteiger partial charge in [-0.1, -0.05) is 44.0 Å². The van der Waals surface area contributed by atoms with Gasteiger partial charge in [-0.25, -0.2) is 0 Å². The third kappa shape index (κ3) is 3.31. The van der Waals surface area contributed by atoms with Gasteiger partial charge in [-0.3, -0.25) is 0 Å². The average Bonchev–Trinajstić information content (AvgIpc) is 3.11. The Kier molecular flexibility index (Phi) is 4.45. The number of ether oxygens (including phenoxy) is 1. The highest BCUT2D eigenvalue weighted by atomic mass is 79.9. The molecule has 1 saturated carbocycles. The minimum atomic E-state index is 0.170. The fourth-order valence-electron chi connectivity index (χ4n) is 1.82. The van der Waals surface area contributed by atoms with Crippen molar-refractivity contribution in [2.45, 2.75) is 32.0 Å². The predicted molar refractivity (Wildman–Crippen MR) is 73.9 cm³/mol. The van der Waals surface area contributed by atoms with Crippen molar-refractivity contribution in [2.24, 2.45) is 5.92 Å². The summed E-state index contributed by atoms with van der Waals surface area (Å²) in [6.45, 7) is 2.19. The Morgan fingerprint density at radius 1 is 1.31 bits per heavy atom.